The van der Waals surface area contributed by atoms with E-state index in [4.69, 9.17) is 5.11 Å². The number of aliphatic carboxylic acids is 1. The van der Waals surface area contributed by atoms with Crippen LogP contribution in [-0.2, 0) is 4.79 Å². The average Bonchev–Trinajstić information content (AvgIpc) is 2.35. The zero-order valence-electron chi connectivity index (χ0n) is 11.0. The van der Waals surface area contributed by atoms with Gasteiger partial charge in [0.1, 0.15) is 0 Å². The molecule has 0 aliphatic heterocycles. The van der Waals surface area contributed by atoms with Crippen LogP contribution in [-0.4, -0.2) is 22.8 Å². The van der Waals surface area contributed by atoms with Crippen molar-refractivity contribution in [3.05, 3.63) is 23.8 Å². The third-order valence-electron chi connectivity index (χ3n) is 4.95. The summed E-state index contributed by atoms with van der Waals surface area (Å²) in [6.07, 6.45) is 7.09. The molecule has 0 saturated heterocycles. The highest BCUT2D eigenvalue weighted by atomic mass is 16.4. The molecule has 3 atom stereocenters. The van der Waals surface area contributed by atoms with Crippen LogP contribution >= 0.6 is 0 Å². The fraction of sp³-hybridized carbons (Fsp3) is 0.667. The van der Waals surface area contributed by atoms with E-state index < -0.39 is 5.97 Å². The molecule has 3 heteroatoms. The predicted molar refractivity (Wildman–Crippen MR) is 70.1 cm³/mol. The monoisotopic (exact) mass is 250 g/mol. The maximum absolute atomic E-state index is 11.0. The van der Waals surface area contributed by atoms with E-state index in [1.807, 2.05) is 0 Å². The van der Waals surface area contributed by atoms with Crippen molar-refractivity contribution >= 4 is 5.97 Å². The molecule has 2 aliphatic rings. The fourth-order valence-corrected chi connectivity index (χ4v) is 3.66. The summed E-state index contributed by atoms with van der Waals surface area (Å²) in [6.45, 7) is 6.09. The normalized spacial score (nSPS) is 35.6. The lowest BCUT2D eigenvalue weighted by atomic mass is 9.57. The molecule has 0 heterocycles. The Bertz CT molecular complexity index is 397. The summed E-state index contributed by atoms with van der Waals surface area (Å²) in [4.78, 5) is 11.0. The van der Waals surface area contributed by atoms with E-state index in [1.54, 1.807) is 0 Å². The maximum atomic E-state index is 11.0. The van der Waals surface area contributed by atoms with Crippen molar-refractivity contribution in [2.45, 2.75) is 39.0 Å². The molecular weight excluding hydrogens is 228 g/mol. The van der Waals surface area contributed by atoms with Gasteiger partial charge in [-0.25, -0.2) is 4.79 Å². The highest BCUT2D eigenvalue weighted by molar-refractivity contribution is 5.86. The molecule has 0 unspecified atom stereocenters. The fourth-order valence-electron chi connectivity index (χ4n) is 3.66. The van der Waals surface area contributed by atoms with Gasteiger partial charge >= 0.3 is 5.97 Å². The van der Waals surface area contributed by atoms with Gasteiger partial charge in [0.2, 0.25) is 0 Å². The zero-order chi connectivity index (χ0) is 13.3. The first-order valence-electron chi connectivity index (χ1n) is 6.70. The first-order chi connectivity index (χ1) is 8.48. The molecule has 100 valence electrons. The van der Waals surface area contributed by atoms with Gasteiger partial charge in [-0.05, 0) is 54.9 Å². The average molecular weight is 250 g/mol. The molecule has 18 heavy (non-hydrogen) atoms. The number of aliphatic hydroxyl groups is 1. The van der Waals surface area contributed by atoms with E-state index in [0.717, 1.165) is 37.7 Å². The molecule has 3 nitrogen and oxygen atoms in total. The van der Waals surface area contributed by atoms with Crippen molar-refractivity contribution in [2.75, 3.05) is 6.61 Å². The molecule has 1 fully saturated rings. The molecule has 0 aromatic rings. The van der Waals surface area contributed by atoms with Crippen molar-refractivity contribution in [3.8, 4) is 0 Å². The second-order valence-electron chi connectivity index (χ2n) is 5.98. The molecule has 0 radical (unpaired) electrons. The number of carboxylic acid groups (broad SMARTS) is 1. The number of carbonyl (C=O) groups is 1. The van der Waals surface area contributed by atoms with Crippen LogP contribution in [0.5, 0.6) is 0 Å². The summed E-state index contributed by atoms with van der Waals surface area (Å²) in [5, 5.41) is 18.5. The minimum atomic E-state index is -0.881. The second kappa shape index (κ2) is 4.88. The highest BCUT2D eigenvalue weighted by Crippen LogP contribution is 2.52. The van der Waals surface area contributed by atoms with Gasteiger partial charge in [-0.15, -0.1) is 0 Å². The Morgan fingerprint density at radius 1 is 1.56 bits per heavy atom. The molecule has 2 N–H and O–H groups in total. The number of hydrogen-bond donors (Lipinski definition) is 2. The van der Waals surface area contributed by atoms with Gasteiger partial charge in [0.15, 0.2) is 0 Å². The second-order valence-corrected chi connectivity index (χ2v) is 5.98. The minimum Gasteiger partial charge on any atom is -0.478 e. The minimum absolute atomic E-state index is 0.0635. The SMILES string of the molecule is C=C(C(=O)O)[C@@H]1CC[C@@]2(C)CCC=C(CO)[C@@H]2C1. The van der Waals surface area contributed by atoms with Crippen LogP contribution < -0.4 is 0 Å². The topological polar surface area (TPSA) is 57.5 Å². The Morgan fingerprint density at radius 3 is 2.89 bits per heavy atom. The zero-order valence-corrected chi connectivity index (χ0v) is 11.0. The van der Waals surface area contributed by atoms with Crippen LogP contribution in [0.1, 0.15) is 39.0 Å². The van der Waals surface area contributed by atoms with Gasteiger partial charge in [0.25, 0.3) is 0 Å². The van der Waals surface area contributed by atoms with Crippen molar-refractivity contribution < 1.29 is 15.0 Å². The third kappa shape index (κ3) is 2.24. The molecule has 0 aromatic heterocycles. The largest absolute Gasteiger partial charge is 0.478 e. The third-order valence-corrected chi connectivity index (χ3v) is 4.95. The number of allylic oxidation sites excluding steroid dienone is 1. The Morgan fingerprint density at radius 2 is 2.28 bits per heavy atom. The molecule has 1 saturated carbocycles. The van der Waals surface area contributed by atoms with Crippen molar-refractivity contribution in [1.29, 1.82) is 0 Å². The Hall–Kier alpha value is -1.09. The van der Waals surface area contributed by atoms with Crippen LogP contribution in [0.3, 0.4) is 0 Å². The van der Waals surface area contributed by atoms with Crippen LogP contribution in [0.15, 0.2) is 23.8 Å². The maximum Gasteiger partial charge on any atom is 0.331 e. The first-order valence-corrected chi connectivity index (χ1v) is 6.70. The van der Waals surface area contributed by atoms with Crippen LogP contribution in [0.4, 0.5) is 0 Å². The van der Waals surface area contributed by atoms with Gasteiger partial charge in [0, 0.05) is 5.57 Å². The van der Waals surface area contributed by atoms with E-state index >= 15 is 0 Å². The number of carboxylic acids is 1. The van der Waals surface area contributed by atoms with Crippen molar-refractivity contribution in [1.82, 2.24) is 0 Å². The standard InChI is InChI=1S/C15H22O3/c1-10(14(17)18)11-5-7-15(2)6-3-4-12(9-16)13(15)8-11/h4,11,13,16H,1,3,5-9H2,2H3,(H,17,18)/t11-,13+,15-/m1/s1. The summed E-state index contributed by atoms with van der Waals surface area (Å²) in [6, 6.07) is 0. The van der Waals surface area contributed by atoms with Crippen LogP contribution in [0.2, 0.25) is 0 Å². The van der Waals surface area contributed by atoms with Crippen LogP contribution in [0.25, 0.3) is 0 Å². The number of hydrogen-bond acceptors (Lipinski definition) is 2. The Kier molecular flexibility index (Phi) is 3.62. The summed E-state index contributed by atoms with van der Waals surface area (Å²) in [5.74, 6) is -0.492. The van der Waals surface area contributed by atoms with Crippen molar-refractivity contribution in [2.24, 2.45) is 17.3 Å². The number of fused-ring (bicyclic) bond motifs is 1. The lowest BCUT2D eigenvalue weighted by Gasteiger charge is -2.48. The van der Waals surface area contributed by atoms with Crippen molar-refractivity contribution in [3.63, 3.8) is 0 Å². The molecule has 2 aliphatic carbocycles. The lowest BCUT2D eigenvalue weighted by molar-refractivity contribution is -0.133. The Balaban J connectivity index is 2.19. The van der Waals surface area contributed by atoms with Gasteiger partial charge in [0.05, 0.1) is 6.61 Å². The summed E-state index contributed by atoms with van der Waals surface area (Å²) >= 11 is 0. The van der Waals surface area contributed by atoms with Gasteiger partial charge < -0.3 is 10.2 Å². The quantitative estimate of drug-likeness (QED) is 0.598. The van der Waals surface area contributed by atoms with Gasteiger partial charge in [-0.1, -0.05) is 19.6 Å². The molecule has 0 spiro atoms. The molecule has 0 aromatic carbocycles. The highest BCUT2D eigenvalue weighted by Gasteiger charge is 2.43. The summed E-state index contributed by atoms with van der Waals surface area (Å²) in [5.41, 5.74) is 1.67. The molecule has 0 bridgehead atoms. The lowest BCUT2D eigenvalue weighted by Crippen LogP contribution is -2.39. The summed E-state index contributed by atoms with van der Waals surface area (Å²) < 4.78 is 0. The number of aliphatic hydroxyl groups excluding tert-OH is 1. The van der Waals surface area contributed by atoms with E-state index in [9.17, 15) is 9.90 Å². The predicted octanol–water partition coefficient (Wildman–Crippen LogP) is 2.76. The van der Waals surface area contributed by atoms with Crippen LogP contribution in [0, 0.1) is 17.3 Å². The van der Waals surface area contributed by atoms with E-state index in [0.29, 0.717) is 11.5 Å². The van der Waals surface area contributed by atoms with E-state index in [2.05, 4.69) is 19.6 Å². The molecular formula is C15H22O3. The smallest absolute Gasteiger partial charge is 0.331 e. The summed E-state index contributed by atoms with van der Waals surface area (Å²) in [7, 11) is 0. The Labute approximate surface area is 108 Å². The van der Waals surface area contributed by atoms with E-state index in [-0.39, 0.29) is 17.9 Å². The number of rotatable bonds is 3. The van der Waals surface area contributed by atoms with Gasteiger partial charge in [-0.2, -0.15) is 0 Å². The van der Waals surface area contributed by atoms with Gasteiger partial charge in [-0.3, -0.25) is 0 Å². The first kappa shape index (κ1) is 13.3. The van der Waals surface area contributed by atoms with E-state index in [1.165, 1.54) is 0 Å². The molecule has 2 rings (SSSR count). The molecule has 0 amide bonds.